The largest absolute Gasteiger partial charge is 0.361 e. The minimum absolute atomic E-state index is 0.326. The Morgan fingerprint density at radius 3 is 2.88 bits per heavy atom. The smallest absolute Gasteiger partial charge is 0.138 e. The van der Waals surface area contributed by atoms with Crippen LogP contribution in [0, 0.1) is 19.8 Å². The standard InChI is InChI=1S/C14H22N2O/c1-10(14-11(2)16-17-12(14)3)15-9-13-7-5-4-6-8-13/h4-5,10,13,15H,6-9H2,1-3H3. The van der Waals surface area contributed by atoms with E-state index in [9.17, 15) is 0 Å². The van der Waals surface area contributed by atoms with Crippen molar-refractivity contribution in [2.75, 3.05) is 6.54 Å². The van der Waals surface area contributed by atoms with Crippen molar-refractivity contribution >= 4 is 0 Å². The Hall–Kier alpha value is -1.09. The third-order valence-corrected chi connectivity index (χ3v) is 3.61. The molecule has 0 saturated heterocycles. The number of aromatic nitrogens is 1. The molecule has 1 aromatic rings. The molecule has 0 spiro atoms. The van der Waals surface area contributed by atoms with Crippen LogP contribution in [-0.4, -0.2) is 11.7 Å². The molecule has 0 fully saturated rings. The molecule has 1 aliphatic rings. The summed E-state index contributed by atoms with van der Waals surface area (Å²) in [6.07, 6.45) is 8.33. The average Bonchev–Trinajstić information content (AvgIpc) is 2.67. The summed E-state index contributed by atoms with van der Waals surface area (Å²) in [5, 5.41) is 7.61. The van der Waals surface area contributed by atoms with E-state index in [0.717, 1.165) is 23.9 Å². The molecule has 2 unspecified atom stereocenters. The zero-order chi connectivity index (χ0) is 12.3. The minimum atomic E-state index is 0.326. The average molecular weight is 234 g/mol. The van der Waals surface area contributed by atoms with E-state index in [4.69, 9.17) is 4.52 Å². The van der Waals surface area contributed by atoms with Gasteiger partial charge in [-0.3, -0.25) is 0 Å². The molecule has 1 aromatic heterocycles. The van der Waals surface area contributed by atoms with Gasteiger partial charge in [0, 0.05) is 11.6 Å². The van der Waals surface area contributed by atoms with E-state index in [-0.39, 0.29) is 0 Å². The van der Waals surface area contributed by atoms with E-state index in [1.807, 2.05) is 13.8 Å². The topological polar surface area (TPSA) is 38.1 Å². The summed E-state index contributed by atoms with van der Waals surface area (Å²) in [5.74, 6) is 1.72. The summed E-state index contributed by atoms with van der Waals surface area (Å²) in [6.45, 7) is 7.25. The normalized spacial score (nSPS) is 21.7. The first-order valence-corrected chi connectivity index (χ1v) is 6.49. The summed E-state index contributed by atoms with van der Waals surface area (Å²) in [7, 11) is 0. The fraction of sp³-hybridized carbons (Fsp3) is 0.643. The van der Waals surface area contributed by atoms with Crippen LogP contribution in [-0.2, 0) is 0 Å². The van der Waals surface area contributed by atoms with Gasteiger partial charge in [0.15, 0.2) is 0 Å². The molecule has 3 heteroatoms. The van der Waals surface area contributed by atoms with Gasteiger partial charge in [0.05, 0.1) is 5.69 Å². The van der Waals surface area contributed by atoms with Gasteiger partial charge in [0.1, 0.15) is 5.76 Å². The molecule has 0 bridgehead atoms. The first kappa shape index (κ1) is 12.4. The molecule has 94 valence electrons. The summed E-state index contributed by atoms with van der Waals surface area (Å²) in [4.78, 5) is 0. The second-order valence-electron chi connectivity index (χ2n) is 5.02. The molecular weight excluding hydrogens is 212 g/mol. The van der Waals surface area contributed by atoms with E-state index < -0.39 is 0 Å². The van der Waals surface area contributed by atoms with E-state index in [1.54, 1.807) is 0 Å². The van der Waals surface area contributed by atoms with Gasteiger partial charge in [-0.05, 0) is 52.5 Å². The third-order valence-electron chi connectivity index (χ3n) is 3.61. The number of nitrogens with zero attached hydrogens (tertiary/aromatic N) is 1. The van der Waals surface area contributed by atoms with Crippen molar-refractivity contribution in [3.8, 4) is 0 Å². The van der Waals surface area contributed by atoms with Crippen molar-refractivity contribution < 1.29 is 4.52 Å². The second kappa shape index (κ2) is 5.50. The summed E-state index contributed by atoms with van der Waals surface area (Å²) < 4.78 is 5.21. The lowest BCUT2D eigenvalue weighted by Gasteiger charge is -2.21. The minimum Gasteiger partial charge on any atom is -0.361 e. The Balaban J connectivity index is 1.89. The van der Waals surface area contributed by atoms with Crippen LogP contribution in [0.25, 0.3) is 0 Å². The van der Waals surface area contributed by atoms with Gasteiger partial charge in [-0.15, -0.1) is 0 Å². The Bertz CT molecular complexity index is 375. The number of rotatable bonds is 4. The third kappa shape index (κ3) is 2.97. The lowest BCUT2D eigenvalue weighted by molar-refractivity contribution is 0.387. The Kier molecular flexibility index (Phi) is 4.00. The Morgan fingerprint density at radius 1 is 1.47 bits per heavy atom. The number of aryl methyl sites for hydroxylation is 2. The summed E-state index contributed by atoms with van der Waals surface area (Å²) >= 11 is 0. The first-order valence-electron chi connectivity index (χ1n) is 6.49. The Morgan fingerprint density at radius 2 is 2.29 bits per heavy atom. The van der Waals surface area contributed by atoms with E-state index >= 15 is 0 Å². The maximum absolute atomic E-state index is 5.21. The van der Waals surface area contributed by atoms with Crippen LogP contribution in [0.2, 0.25) is 0 Å². The highest BCUT2D eigenvalue weighted by Gasteiger charge is 2.17. The molecule has 0 amide bonds. The number of hydrogen-bond donors (Lipinski definition) is 1. The van der Waals surface area contributed by atoms with Crippen molar-refractivity contribution in [2.45, 2.75) is 46.1 Å². The highest BCUT2D eigenvalue weighted by atomic mass is 16.5. The number of nitrogens with one attached hydrogen (secondary N) is 1. The van der Waals surface area contributed by atoms with Crippen LogP contribution in [0.15, 0.2) is 16.7 Å². The molecule has 2 rings (SSSR count). The summed E-state index contributed by atoms with van der Waals surface area (Å²) in [5.41, 5.74) is 2.22. The monoisotopic (exact) mass is 234 g/mol. The van der Waals surface area contributed by atoms with Crippen molar-refractivity contribution in [1.82, 2.24) is 10.5 Å². The molecule has 0 aromatic carbocycles. The van der Waals surface area contributed by atoms with E-state index in [1.165, 1.54) is 24.8 Å². The zero-order valence-corrected chi connectivity index (χ0v) is 11.0. The number of allylic oxidation sites excluding steroid dienone is 2. The maximum Gasteiger partial charge on any atom is 0.138 e. The SMILES string of the molecule is Cc1noc(C)c1C(C)NCC1CC=CCC1. The zero-order valence-electron chi connectivity index (χ0n) is 11.0. The van der Waals surface area contributed by atoms with Crippen LogP contribution < -0.4 is 5.32 Å². The maximum atomic E-state index is 5.21. The number of hydrogen-bond acceptors (Lipinski definition) is 3. The molecule has 17 heavy (non-hydrogen) atoms. The lowest BCUT2D eigenvalue weighted by atomic mass is 9.94. The van der Waals surface area contributed by atoms with Gasteiger partial charge in [-0.25, -0.2) is 0 Å². The van der Waals surface area contributed by atoms with Gasteiger partial charge in [-0.1, -0.05) is 17.3 Å². The van der Waals surface area contributed by atoms with Crippen LogP contribution in [0.1, 0.15) is 49.2 Å². The van der Waals surface area contributed by atoms with Crippen molar-refractivity contribution in [3.63, 3.8) is 0 Å². The quantitative estimate of drug-likeness (QED) is 0.812. The molecule has 3 nitrogen and oxygen atoms in total. The van der Waals surface area contributed by atoms with E-state index in [2.05, 4.69) is 29.5 Å². The van der Waals surface area contributed by atoms with Crippen molar-refractivity contribution in [2.24, 2.45) is 5.92 Å². The first-order chi connectivity index (χ1) is 8.18. The molecule has 1 heterocycles. The van der Waals surface area contributed by atoms with Crippen LogP contribution >= 0.6 is 0 Å². The molecule has 0 aliphatic heterocycles. The molecule has 1 aliphatic carbocycles. The van der Waals surface area contributed by atoms with Gasteiger partial charge in [0.2, 0.25) is 0 Å². The molecule has 1 N–H and O–H groups in total. The second-order valence-corrected chi connectivity index (χ2v) is 5.02. The van der Waals surface area contributed by atoms with Gasteiger partial charge >= 0.3 is 0 Å². The van der Waals surface area contributed by atoms with Gasteiger partial charge in [-0.2, -0.15) is 0 Å². The molecular formula is C14H22N2O. The predicted octanol–water partition coefficient (Wildman–Crippen LogP) is 3.30. The highest BCUT2D eigenvalue weighted by Crippen LogP contribution is 2.22. The predicted molar refractivity (Wildman–Crippen MR) is 68.9 cm³/mol. The van der Waals surface area contributed by atoms with Crippen LogP contribution in [0.3, 0.4) is 0 Å². The molecule has 0 radical (unpaired) electrons. The van der Waals surface area contributed by atoms with E-state index in [0.29, 0.717) is 6.04 Å². The lowest BCUT2D eigenvalue weighted by Crippen LogP contribution is -2.26. The van der Waals surface area contributed by atoms with Crippen LogP contribution in [0.5, 0.6) is 0 Å². The van der Waals surface area contributed by atoms with Gasteiger partial charge < -0.3 is 9.84 Å². The van der Waals surface area contributed by atoms with Gasteiger partial charge in [0.25, 0.3) is 0 Å². The molecule has 2 atom stereocenters. The van der Waals surface area contributed by atoms with Crippen LogP contribution in [0.4, 0.5) is 0 Å². The summed E-state index contributed by atoms with van der Waals surface area (Å²) in [6, 6.07) is 0.326. The highest BCUT2D eigenvalue weighted by molar-refractivity contribution is 5.24. The van der Waals surface area contributed by atoms with Crippen molar-refractivity contribution in [1.29, 1.82) is 0 Å². The fourth-order valence-electron chi connectivity index (χ4n) is 2.60. The fourth-order valence-corrected chi connectivity index (χ4v) is 2.60. The van der Waals surface area contributed by atoms with Crippen molar-refractivity contribution in [3.05, 3.63) is 29.2 Å². The molecule has 0 saturated carbocycles. The Labute approximate surface area is 103 Å².